The summed E-state index contributed by atoms with van der Waals surface area (Å²) in [6.07, 6.45) is 1.99. The molecule has 1 unspecified atom stereocenters. The van der Waals surface area contributed by atoms with Gasteiger partial charge in [0.05, 0.1) is 32.4 Å². The number of rotatable bonds is 12. The Balaban J connectivity index is 5.23. The van der Waals surface area contributed by atoms with E-state index in [-0.39, 0.29) is 16.1 Å². The highest BCUT2D eigenvalue weighted by atomic mass is 32.2. The maximum Gasteiger partial charge on any atom is 0.369 e. The van der Waals surface area contributed by atoms with Crippen molar-refractivity contribution in [1.29, 1.82) is 0 Å². The summed E-state index contributed by atoms with van der Waals surface area (Å²) >= 11 is 1.12. The maximum absolute atomic E-state index is 11.5. The molecule has 0 bridgehead atoms. The molecular weight excluding hydrogens is 392 g/mol. The molecule has 0 aromatic carbocycles. The van der Waals surface area contributed by atoms with Gasteiger partial charge in [-0.25, -0.2) is 0 Å². The average Bonchev–Trinajstić information content (AvgIpc) is 2.42. The normalized spacial score (nSPS) is 15.8. The van der Waals surface area contributed by atoms with E-state index in [9.17, 15) is 38.6 Å². The number of unbranched alkanes of at least 4 members (excludes halogenated alkanes) is 2. The molecule has 1 atom stereocenters. The second kappa shape index (κ2) is 9.97. The molecule has 0 rings (SSSR count). The lowest BCUT2D eigenvalue weighted by Crippen LogP contribution is -2.49. The lowest BCUT2D eigenvalue weighted by molar-refractivity contribution is -0.907. The number of thioether (sulfide) groups is 1. The Morgan fingerprint density at radius 3 is 1.96 bits per heavy atom. The van der Waals surface area contributed by atoms with Crippen LogP contribution in [0.25, 0.3) is 0 Å². The third-order valence-electron chi connectivity index (χ3n) is 4.16. The van der Waals surface area contributed by atoms with Crippen LogP contribution in [0.3, 0.4) is 0 Å². The lowest BCUT2D eigenvalue weighted by Gasteiger charge is -2.38. The van der Waals surface area contributed by atoms with Crippen LogP contribution in [0.4, 0.5) is 0 Å². The molecule has 0 aliphatic carbocycles. The van der Waals surface area contributed by atoms with Gasteiger partial charge in [-0.2, -0.15) is 0 Å². The van der Waals surface area contributed by atoms with Crippen molar-refractivity contribution in [3.63, 3.8) is 0 Å². The summed E-state index contributed by atoms with van der Waals surface area (Å²) in [4.78, 5) is 48.1. The van der Waals surface area contributed by atoms with Crippen molar-refractivity contribution in [3.05, 3.63) is 0 Å². The molecule has 0 amide bonds. The van der Waals surface area contributed by atoms with Crippen molar-refractivity contribution in [3.8, 4) is 0 Å². The topological polar surface area (TPSA) is 152 Å². The monoisotopic (exact) mass is 422 g/mol. The predicted octanol–water partition coefficient (Wildman–Crippen LogP) is 1.29. The van der Waals surface area contributed by atoms with Crippen molar-refractivity contribution in [2.75, 3.05) is 32.4 Å². The van der Waals surface area contributed by atoms with Gasteiger partial charge in [0.2, 0.25) is 0 Å². The van der Waals surface area contributed by atoms with Crippen LogP contribution < -0.4 is 0 Å². The molecule has 0 spiro atoms. The Morgan fingerprint density at radius 2 is 1.56 bits per heavy atom. The number of quaternary nitrogens is 1. The van der Waals surface area contributed by atoms with Gasteiger partial charge in [-0.1, -0.05) is 25.1 Å². The van der Waals surface area contributed by atoms with Gasteiger partial charge in [0.25, 0.3) is 5.08 Å². The van der Waals surface area contributed by atoms with Crippen molar-refractivity contribution >= 4 is 32.1 Å². The SMILES string of the molecule is CCCCC[N+](C)(CCSC(C)=O)CCC(O)(P(=O)(O)O)P(=O)(O)O. The fourth-order valence-electron chi connectivity index (χ4n) is 2.37. The minimum Gasteiger partial charge on any atom is -0.367 e. The summed E-state index contributed by atoms with van der Waals surface area (Å²) in [5.41, 5.74) is 0. The standard InChI is InChI=1S/C13H29NO8P2S/c1-4-5-6-8-14(3,10-11-25-12(2)15)9-7-13(16,23(17,18)19)24(20,21)22/h16H,4-11H2,1-3H3,(H3-,17,18,19,20,21,22)/p+1. The minimum absolute atomic E-state index is 0.0328. The first-order chi connectivity index (χ1) is 11.2. The van der Waals surface area contributed by atoms with Crippen LogP contribution in [-0.2, 0) is 13.9 Å². The van der Waals surface area contributed by atoms with Gasteiger partial charge in [-0.3, -0.25) is 13.9 Å². The first-order valence-electron chi connectivity index (χ1n) is 7.99. The van der Waals surface area contributed by atoms with Crippen LogP contribution in [0.2, 0.25) is 0 Å². The van der Waals surface area contributed by atoms with Gasteiger partial charge in [0, 0.05) is 13.3 Å². The minimum atomic E-state index is -5.45. The Kier molecular flexibility index (Phi) is 10.1. The van der Waals surface area contributed by atoms with Crippen molar-refractivity contribution in [2.45, 2.75) is 44.6 Å². The van der Waals surface area contributed by atoms with Crippen LogP contribution in [0, 0.1) is 0 Å². The number of aliphatic hydroxyl groups is 1. The number of hydrogen-bond donors (Lipinski definition) is 5. The predicted molar refractivity (Wildman–Crippen MR) is 97.1 cm³/mol. The van der Waals surface area contributed by atoms with Gasteiger partial charge < -0.3 is 29.2 Å². The number of hydrogen-bond acceptors (Lipinski definition) is 5. The highest BCUT2D eigenvalue weighted by Gasteiger charge is 2.59. The first kappa shape index (κ1) is 25.2. The van der Waals surface area contributed by atoms with Crippen LogP contribution >= 0.6 is 27.0 Å². The van der Waals surface area contributed by atoms with Crippen molar-refractivity contribution in [2.24, 2.45) is 0 Å². The second-order valence-corrected chi connectivity index (χ2v) is 11.7. The molecule has 0 saturated carbocycles. The van der Waals surface area contributed by atoms with Crippen molar-refractivity contribution in [1.82, 2.24) is 0 Å². The molecular formula is C13H30NO8P2S+. The number of carbonyl (C=O) groups excluding carboxylic acids is 1. The lowest BCUT2D eigenvalue weighted by atomic mass is 10.2. The second-order valence-electron chi connectivity index (χ2n) is 6.45. The molecule has 0 radical (unpaired) electrons. The molecule has 0 aromatic rings. The molecule has 0 aliphatic heterocycles. The highest BCUT2D eigenvalue weighted by Crippen LogP contribution is 2.69. The fraction of sp³-hybridized carbons (Fsp3) is 0.923. The summed E-state index contributed by atoms with van der Waals surface area (Å²) < 4.78 is 23.2. The largest absolute Gasteiger partial charge is 0.369 e. The third kappa shape index (κ3) is 8.20. The van der Waals surface area contributed by atoms with Crippen molar-refractivity contribution < 1.29 is 43.1 Å². The number of carbonyl (C=O) groups is 1. The summed E-state index contributed by atoms with van der Waals surface area (Å²) in [7, 11) is -9.10. The molecule has 0 aliphatic rings. The van der Waals surface area contributed by atoms with E-state index >= 15 is 0 Å². The van der Waals surface area contributed by atoms with Gasteiger partial charge >= 0.3 is 15.2 Å². The van der Waals surface area contributed by atoms with E-state index in [2.05, 4.69) is 0 Å². The van der Waals surface area contributed by atoms with Gasteiger partial charge in [0.15, 0.2) is 5.12 Å². The van der Waals surface area contributed by atoms with Crippen LogP contribution in [0.5, 0.6) is 0 Å². The Morgan fingerprint density at radius 1 is 1.04 bits per heavy atom. The maximum atomic E-state index is 11.5. The third-order valence-corrected chi connectivity index (χ3v) is 8.83. The van der Waals surface area contributed by atoms with E-state index in [0.717, 1.165) is 31.0 Å². The van der Waals surface area contributed by atoms with E-state index in [4.69, 9.17) is 0 Å². The smallest absolute Gasteiger partial charge is 0.367 e. The zero-order valence-electron chi connectivity index (χ0n) is 14.9. The zero-order chi connectivity index (χ0) is 19.9. The van der Waals surface area contributed by atoms with Crippen LogP contribution in [0.15, 0.2) is 0 Å². The van der Waals surface area contributed by atoms with E-state index in [1.807, 2.05) is 6.92 Å². The fourth-order valence-corrected chi connectivity index (χ4v) is 5.33. The summed E-state index contributed by atoms with van der Waals surface area (Å²) in [5.74, 6) is 0.474. The summed E-state index contributed by atoms with van der Waals surface area (Å²) in [6, 6.07) is 0. The molecule has 9 nitrogen and oxygen atoms in total. The Labute approximate surface area is 152 Å². The molecule has 0 saturated heterocycles. The summed E-state index contributed by atoms with van der Waals surface area (Å²) in [6.45, 7) is 4.52. The first-order valence-corrected chi connectivity index (χ1v) is 12.2. The van der Waals surface area contributed by atoms with E-state index in [1.54, 1.807) is 7.05 Å². The zero-order valence-corrected chi connectivity index (χ0v) is 17.5. The van der Waals surface area contributed by atoms with E-state index in [1.165, 1.54) is 6.92 Å². The van der Waals surface area contributed by atoms with Crippen LogP contribution in [-0.4, -0.2) is 71.8 Å². The number of nitrogens with zero attached hydrogens (tertiary/aromatic N) is 1. The van der Waals surface area contributed by atoms with Gasteiger partial charge in [-0.15, -0.1) is 0 Å². The van der Waals surface area contributed by atoms with Gasteiger partial charge in [0.1, 0.15) is 0 Å². The van der Waals surface area contributed by atoms with E-state index < -0.39 is 26.7 Å². The van der Waals surface area contributed by atoms with Gasteiger partial charge in [-0.05, 0) is 12.8 Å². The highest BCUT2D eigenvalue weighted by molar-refractivity contribution is 8.13. The Hall–Kier alpha value is 0.240. The quantitative estimate of drug-likeness (QED) is 0.178. The Bertz CT molecular complexity index is 512. The molecule has 0 heterocycles. The summed E-state index contributed by atoms with van der Waals surface area (Å²) in [5, 5.41) is 6.59. The average molecular weight is 422 g/mol. The molecule has 150 valence electrons. The molecule has 5 N–H and O–H groups in total. The molecule has 0 fully saturated rings. The van der Waals surface area contributed by atoms with Crippen LogP contribution in [0.1, 0.15) is 39.5 Å². The molecule has 12 heteroatoms. The molecule has 25 heavy (non-hydrogen) atoms. The molecule has 0 aromatic heterocycles. The van der Waals surface area contributed by atoms with E-state index in [0.29, 0.717) is 18.8 Å².